The maximum absolute atomic E-state index is 5.73. The monoisotopic (exact) mass is 241 g/mol. The average molecular weight is 241 g/mol. The quantitative estimate of drug-likeness (QED) is 0.888. The molecule has 18 heavy (non-hydrogen) atoms. The molecule has 0 fully saturated rings. The zero-order valence-corrected chi connectivity index (χ0v) is 10.1. The van der Waals surface area contributed by atoms with Gasteiger partial charge >= 0.3 is 0 Å². The minimum atomic E-state index is 0.458. The van der Waals surface area contributed by atoms with Crippen LogP contribution < -0.4 is 10.1 Å². The Morgan fingerprint density at radius 1 is 1.22 bits per heavy atom. The van der Waals surface area contributed by atoms with E-state index in [1.807, 2.05) is 18.2 Å². The summed E-state index contributed by atoms with van der Waals surface area (Å²) in [6.45, 7) is 2.45. The molecule has 2 heterocycles. The average Bonchev–Trinajstić information content (AvgIpc) is 2.46. The van der Waals surface area contributed by atoms with Gasteiger partial charge < -0.3 is 10.1 Å². The van der Waals surface area contributed by atoms with Gasteiger partial charge in [-0.15, -0.1) is 0 Å². The fourth-order valence-corrected chi connectivity index (χ4v) is 2.11. The third-order valence-electron chi connectivity index (χ3n) is 3.08. The van der Waals surface area contributed by atoms with Crippen LogP contribution in [0.3, 0.4) is 0 Å². The minimum absolute atomic E-state index is 0.458. The van der Waals surface area contributed by atoms with Crippen LogP contribution in [0.4, 0.5) is 0 Å². The SMILES string of the molecule is c1cnnc(COc2ccc3c(c2)CNCC3)c1. The molecule has 0 unspecified atom stereocenters. The van der Waals surface area contributed by atoms with Crippen LogP contribution in [0.2, 0.25) is 0 Å². The van der Waals surface area contributed by atoms with Crippen LogP contribution in [0.15, 0.2) is 36.5 Å². The summed E-state index contributed by atoms with van der Waals surface area (Å²) in [5.74, 6) is 0.892. The summed E-state index contributed by atoms with van der Waals surface area (Å²) in [5, 5.41) is 11.2. The molecule has 0 aliphatic carbocycles. The second-order valence-corrected chi connectivity index (χ2v) is 4.36. The smallest absolute Gasteiger partial charge is 0.132 e. The van der Waals surface area contributed by atoms with Gasteiger partial charge in [-0.25, -0.2) is 0 Å². The van der Waals surface area contributed by atoms with Crippen molar-refractivity contribution in [2.45, 2.75) is 19.6 Å². The van der Waals surface area contributed by atoms with E-state index in [2.05, 4.69) is 27.6 Å². The van der Waals surface area contributed by atoms with Gasteiger partial charge in [-0.05, 0) is 48.4 Å². The molecule has 0 spiro atoms. The number of benzene rings is 1. The van der Waals surface area contributed by atoms with E-state index in [-0.39, 0.29) is 0 Å². The number of fused-ring (bicyclic) bond motifs is 1. The molecule has 4 nitrogen and oxygen atoms in total. The van der Waals surface area contributed by atoms with Crippen LogP contribution in [0.5, 0.6) is 5.75 Å². The maximum Gasteiger partial charge on any atom is 0.132 e. The maximum atomic E-state index is 5.73. The van der Waals surface area contributed by atoms with Crippen molar-refractivity contribution >= 4 is 0 Å². The van der Waals surface area contributed by atoms with E-state index >= 15 is 0 Å². The number of hydrogen-bond donors (Lipinski definition) is 1. The lowest BCUT2D eigenvalue weighted by molar-refractivity contribution is 0.299. The topological polar surface area (TPSA) is 47.0 Å². The Morgan fingerprint density at radius 3 is 3.11 bits per heavy atom. The standard InChI is InChI=1S/C14H15N3O/c1-2-13(17-16-6-1)10-18-14-4-3-11-5-7-15-9-12(11)8-14/h1-4,6,8,15H,5,7,9-10H2. The molecule has 4 heteroatoms. The predicted molar refractivity (Wildman–Crippen MR) is 68.2 cm³/mol. The van der Waals surface area contributed by atoms with E-state index in [9.17, 15) is 0 Å². The highest BCUT2D eigenvalue weighted by Crippen LogP contribution is 2.21. The molecule has 0 atom stereocenters. The Bertz CT molecular complexity index is 528. The number of nitrogens with zero attached hydrogens (tertiary/aromatic N) is 2. The van der Waals surface area contributed by atoms with E-state index in [0.29, 0.717) is 6.61 Å². The highest BCUT2D eigenvalue weighted by atomic mass is 16.5. The van der Waals surface area contributed by atoms with E-state index in [1.165, 1.54) is 11.1 Å². The van der Waals surface area contributed by atoms with Crippen LogP contribution in [0.25, 0.3) is 0 Å². The Balaban J connectivity index is 1.70. The van der Waals surface area contributed by atoms with Crippen molar-refractivity contribution < 1.29 is 4.74 Å². The highest BCUT2D eigenvalue weighted by Gasteiger charge is 2.09. The normalized spacial score (nSPS) is 14.0. The third kappa shape index (κ3) is 2.49. The highest BCUT2D eigenvalue weighted by molar-refractivity contribution is 5.37. The van der Waals surface area contributed by atoms with Gasteiger partial charge in [-0.3, -0.25) is 0 Å². The Morgan fingerprint density at radius 2 is 2.22 bits per heavy atom. The van der Waals surface area contributed by atoms with Gasteiger partial charge in [-0.1, -0.05) is 6.07 Å². The van der Waals surface area contributed by atoms with Gasteiger partial charge in [0, 0.05) is 12.7 Å². The van der Waals surface area contributed by atoms with Crippen LogP contribution in [0, 0.1) is 0 Å². The first kappa shape index (κ1) is 11.2. The molecule has 0 radical (unpaired) electrons. The number of ether oxygens (including phenoxy) is 1. The molecule has 0 saturated carbocycles. The zero-order valence-electron chi connectivity index (χ0n) is 10.1. The molecular weight excluding hydrogens is 226 g/mol. The largest absolute Gasteiger partial charge is 0.487 e. The zero-order chi connectivity index (χ0) is 12.2. The first-order chi connectivity index (χ1) is 8.92. The first-order valence-corrected chi connectivity index (χ1v) is 6.14. The first-order valence-electron chi connectivity index (χ1n) is 6.14. The minimum Gasteiger partial charge on any atom is -0.487 e. The van der Waals surface area contributed by atoms with Gasteiger partial charge in [0.25, 0.3) is 0 Å². The fourth-order valence-electron chi connectivity index (χ4n) is 2.11. The van der Waals surface area contributed by atoms with Crippen molar-refractivity contribution in [3.63, 3.8) is 0 Å². The summed E-state index contributed by atoms with van der Waals surface area (Å²) in [7, 11) is 0. The van der Waals surface area contributed by atoms with Crippen LogP contribution in [-0.2, 0) is 19.6 Å². The van der Waals surface area contributed by atoms with Gasteiger partial charge in [-0.2, -0.15) is 10.2 Å². The summed E-state index contributed by atoms with van der Waals surface area (Å²) in [4.78, 5) is 0. The van der Waals surface area contributed by atoms with E-state index in [4.69, 9.17) is 4.74 Å². The van der Waals surface area contributed by atoms with Crippen LogP contribution >= 0.6 is 0 Å². The Kier molecular flexibility index (Phi) is 3.19. The summed E-state index contributed by atoms with van der Waals surface area (Å²) in [6, 6.07) is 10.1. The molecule has 1 N–H and O–H groups in total. The lowest BCUT2D eigenvalue weighted by Crippen LogP contribution is -2.23. The summed E-state index contributed by atoms with van der Waals surface area (Å²) in [6.07, 6.45) is 2.76. The molecule has 1 aliphatic heterocycles. The molecule has 1 aromatic heterocycles. The lowest BCUT2D eigenvalue weighted by atomic mass is 10.0. The second-order valence-electron chi connectivity index (χ2n) is 4.36. The van der Waals surface area contributed by atoms with Crippen molar-refractivity contribution in [3.8, 4) is 5.75 Å². The molecular formula is C14H15N3O. The molecule has 0 saturated heterocycles. The van der Waals surface area contributed by atoms with Gasteiger partial charge in [0.05, 0.1) is 0 Å². The number of aromatic nitrogens is 2. The molecule has 92 valence electrons. The van der Waals surface area contributed by atoms with Gasteiger partial charge in [0.15, 0.2) is 0 Å². The summed E-state index contributed by atoms with van der Waals surface area (Å²) in [5.41, 5.74) is 3.59. The molecule has 0 bridgehead atoms. The van der Waals surface area contributed by atoms with Crippen molar-refractivity contribution in [2.75, 3.05) is 6.54 Å². The fraction of sp³-hybridized carbons (Fsp3) is 0.286. The lowest BCUT2D eigenvalue weighted by Gasteiger charge is -2.17. The van der Waals surface area contributed by atoms with Gasteiger partial charge in [0.1, 0.15) is 18.1 Å². The van der Waals surface area contributed by atoms with E-state index in [1.54, 1.807) is 6.20 Å². The van der Waals surface area contributed by atoms with Gasteiger partial charge in [0.2, 0.25) is 0 Å². The summed E-state index contributed by atoms with van der Waals surface area (Å²) >= 11 is 0. The molecule has 1 aromatic carbocycles. The van der Waals surface area contributed by atoms with E-state index in [0.717, 1.165) is 31.0 Å². The summed E-state index contributed by atoms with van der Waals surface area (Å²) < 4.78 is 5.73. The number of nitrogens with one attached hydrogen (secondary N) is 1. The molecule has 0 amide bonds. The van der Waals surface area contributed by atoms with Crippen LogP contribution in [-0.4, -0.2) is 16.7 Å². The number of rotatable bonds is 3. The van der Waals surface area contributed by atoms with Crippen molar-refractivity contribution in [2.24, 2.45) is 0 Å². The van der Waals surface area contributed by atoms with Crippen LogP contribution in [0.1, 0.15) is 16.8 Å². The molecule has 1 aliphatic rings. The van der Waals surface area contributed by atoms with Crippen molar-refractivity contribution in [3.05, 3.63) is 53.3 Å². The number of hydrogen-bond acceptors (Lipinski definition) is 4. The molecule has 2 aromatic rings. The van der Waals surface area contributed by atoms with Crippen molar-refractivity contribution in [1.29, 1.82) is 0 Å². The second kappa shape index (κ2) is 5.14. The third-order valence-corrected chi connectivity index (χ3v) is 3.08. The predicted octanol–water partition coefficient (Wildman–Crippen LogP) is 1.70. The Labute approximate surface area is 106 Å². The Hall–Kier alpha value is -1.94. The molecule has 3 rings (SSSR count). The van der Waals surface area contributed by atoms with E-state index < -0.39 is 0 Å². The van der Waals surface area contributed by atoms with Crippen molar-refractivity contribution in [1.82, 2.24) is 15.5 Å².